The Balaban J connectivity index is 1.76. The minimum absolute atomic E-state index is 0.0824. The summed E-state index contributed by atoms with van der Waals surface area (Å²) in [7, 11) is -3.57. The third kappa shape index (κ3) is 6.08. The highest BCUT2D eigenvalue weighted by atomic mass is 32.2. The third-order valence-electron chi connectivity index (χ3n) is 3.61. The highest BCUT2D eigenvalue weighted by molar-refractivity contribution is 7.91. The van der Waals surface area contributed by atoms with Crippen LogP contribution >= 0.6 is 0 Å². The summed E-state index contributed by atoms with van der Waals surface area (Å²) >= 11 is 0. The lowest BCUT2D eigenvalue weighted by Gasteiger charge is -2.09. The fourth-order valence-electron chi connectivity index (χ4n) is 2.25. The Morgan fingerprint density at radius 1 is 0.840 bits per heavy atom. The number of alkyl halides is 3. The molecule has 0 heterocycles. The van der Waals surface area contributed by atoms with Crippen LogP contribution in [0.2, 0.25) is 0 Å². The van der Waals surface area contributed by atoms with Crippen LogP contribution < -0.4 is 4.74 Å². The first-order valence-corrected chi connectivity index (χ1v) is 9.52. The fourth-order valence-corrected chi connectivity index (χ4v) is 3.62. The van der Waals surface area contributed by atoms with Crippen molar-refractivity contribution in [1.29, 1.82) is 0 Å². The van der Waals surface area contributed by atoms with E-state index in [2.05, 4.69) is 0 Å². The van der Waals surface area contributed by atoms with E-state index in [1.165, 1.54) is 0 Å². The first-order chi connectivity index (χ1) is 11.8. The molecule has 3 nitrogen and oxygen atoms in total. The number of hydrogen-bond acceptors (Lipinski definition) is 3. The topological polar surface area (TPSA) is 43.4 Å². The maximum atomic E-state index is 12.5. The SMILES string of the molecule is O=S(=O)(CCCCCOc1ccccc1)c1ccc(C(F)(F)F)cc1. The molecule has 0 aromatic heterocycles. The van der Waals surface area contributed by atoms with Crippen molar-refractivity contribution in [3.8, 4) is 5.75 Å². The molecule has 0 spiro atoms. The highest BCUT2D eigenvalue weighted by Crippen LogP contribution is 2.29. The van der Waals surface area contributed by atoms with Crippen molar-refractivity contribution in [2.24, 2.45) is 0 Å². The van der Waals surface area contributed by atoms with E-state index in [0.717, 1.165) is 30.0 Å². The van der Waals surface area contributed by atoms with Crippen LogP contribution in [-0.2, 0) is 16.0 Å². The molecule has 0 fully saturated rings. The van der Waals surface area contributed by atoms with Gasteiger partial charge in [0, 0.05) is 0 Å². The molecule has 0 saturated carbocycles. The van der Waals surface area contributed by atoms with E-state index < -0.39 is 21.6 Å². The average molecular weight is 372 g/mol. The van der Waals surface area contributed by atoms with Gasteiger partial charge in [-0.3, -0.25) is 0 Å². The van der Waals surface area contributed by atoms with Gasteiger partial charge in [0.2, 0.25) is 0 Å². The van der Waals surface area contributed by atoms with Gasteiger partial charge in [-0.25, -0.2) is 8.42 Å². The summed E-state index contributed by atoms with van der Waals surface area (Å²) in [5.74, 6) is 0.670. The standard InChI is InChI=1S/C18H19F3O3S/c19-18(20,21)15-9-11-17(12-10-15)25(22,23)14-6-2-5-13-24-16-7-3-1-4-8-16/h1,3-4,7-12H,2,5-6,13-14H2. The lowest BCUT2D eigenvalue weighted by molar-refractivity contribution is -0.137. The van der Waals surface area contributed by atoms with Gasteiger partial charge in [0.05, 0.1) is 22.8 Å². The Hall–Kier alpha value is -2.02. The number of hydrogen-bond donors (Lipinski definition) is 0. The number of ether oxygens (including phenoxy) is 1. The quantitative estimate of drug-likeness (QED) is 0.629. The van der Waals surface area contributed by atoms with Gasteiger partial charge in [0.25, 0.3) is 0 Å². The maximum Gasteiger partial charge on any atom is 0.416 e. The largest absolute Gasteiger partial charge is 0.494 e. The predicted molar refractivity (Wildman–Crippen MR) is 89.3 cm³/mol. The van der Waals surface area contributed by atoms with Gasteiger partial charge in [0.1, 0.15) is 5.75 Å². The van der Waals surface area contributed by atoms with Crippen molar-refractivity contribution in [2.45, 2.75) is 30.3 Å². The molecule has 25 heavy (non-hydrogen) atoms. The number of unbranched alkanes of at least 4 members (excludes halogenated alkanes) is 2. The van der Waals surface area contributed by atoms with Gasteiger partial charge in [-0.2, -0.15) is 13.2 Å². The number of sulfone groups is 1. The van der Waals surface area contributed by atoms with Gasteiger partial charge < -0.3 is 4.74 Å². The number of para-hydroxylation sites is 1. The van der Waals surface area contributed by atoms with Gasteiger partial charge in [-0.15, -0.1) is 0 Å². The Bertz CT molecular complexity index is 754. The molecular weight excluding hydrogens is 353 g/mol. The van der Waals surface area contributed by atoms with Crippen LogP contribution in [0.15, 0.2) is 59.5 Å². The second kappa shape index (κ2) is 8.38. The summed E-state index contributed by atoms with van der Waals surface area (Å²) in [5, 5.41) is 0. The van der Waals surface area contributed by atoms with Crippen molar-refractivity contribution in [3.63, 3.8) is 0 Å². The van der Waals surface area contributed by atoms with Gasteiger partial charge in [-0.1, -0.05) is 18.2 Å². The molecule has 0 radical (unpaired) electrons. The van der Waals surface area contributed by atoms with E-state index >= 15 is 0 Å². The molecule has 2 aromatic carbocycles. The van der Waals surface area contributed by atoms with E-state index in [4.69, 9.17) is 4.74 Å². The van der Waals surface area contributed by atoms with E-state index in [-0.39, 0.29) is 10.6 Å². The van der Waals surface area contributed by atoms with Crippen LogP contribution in [0.1, 0.15) is 24.8 Å². The highest BCUT2D eigenvalue weighted by Gasteiger charge is 2.30. The first-order valence-electron chi connectivity index (χ1n) is 7.87. The first kappa shape index (κ1) is 19.3. The van der Waals surface area contributed by atoms with Gasteiger partial charge in [-0.05, 0) is 55.7 Å². The Morgan fingerprint density at radius 2 is 1.48 bits per heavy atom. The van der Waals surface area contributed by atoms with Crippen molar-refractivity contribution in [3.05, 3.63) is 60.2 Å². The second-order valence-electron chi connectivity index (χ2n) is 5.56. The Labute approximate surface area is 145 Å². The molecule has 2 aromatic rings. The molecular formula is C18H19F3O3S. The molecule has 0 unspecified atom stereocenters. The average Bonchev–Trinajstić information content (AvgIpc) is 2.58. The summed E-state index contributed by atoms with van der Waals surface area (Å²) in [6, 6.07) is 12.9. The van der Waals surface area contributed by atoms with Crippen molar-refractivity contribution < 1.29 is 26.3 Å². The summed E-state index contributed by atoms with van der Waals surface area (Å²) in [5.41, 5.74) is -0.857. The van der Waals surface area contributed by atoms with Crippen LogP contribution in [0.25, 0.3) is 0 Å². The van der Waals surface area contributed by atoms with E-state index in [1.807, 2.05) is 30.3 Å². The number of halogens is 3. The fraction of sp³-hybridized carbons (Fsp3) is 0.333. The molecule has 2 rings (SSSR count). The van der Waals surface area contributed by atoms with Crippen LogP contribution in [0.4, 0.5) is 13.2 Å². The minimum Gasteiger partial charge on any atom is -0.494 e. The summed E-state index contributed by atoms with van der Waals surface area (Å²) < 4.78 is 67.3. The lowest BCUT2D eigenvalue weighted by Crippen LogP contribution is -2.09. The monoisotopic (exact) mass is 372 g/mol. The summed E-state index contributed by atoms with van der Waals surface area (Å²) in [6.07, 6.45) is -2.67. The molecule has 0 saturated heterocycles. The Kier molecular flexibility index (Phi) is 6.47. The minimum atomic E-state index is -4.47. The second-order valence-corrected chi connectivity index (χ2v) is 7.67. The van der Waals surface area contributed by atoms with Gasteiger partial charge in [0.15, 0.2) is 9.84 Å². The molecule has 7 heteroatoms. The molecule has 0 atom stereocenters. The Morgan fingerprint density at radius 3 is 2.08 bits per heavy atom. The van der Waals surface area contributed by atoms with Crippen LogP contribution in [0.5, 0.6) is 5.75 Å². The van der Waals surface area contributed by atoms with Crippen LogP contribution in [-0.4, -0.2) is 20.8 Å². The molecule has 0 amide bonds. The van der Waals surface area contributed by atoms with E-state index in [9.17, 15) is 21.6 Å². The third-order valence-corrected chi connectivity index (χ3v) is 5.43. The van der Waals surface area contributed by atoms with E-state index in [1.54, 1.807) is 0 Å². The zero-order valence-electron chi connectivity index (χ0n) is 13.5. The molecule has 0 N–H and O–H groups in total. The maximum absolute atomic E-state index is 12.5. The van der Waals surface area contributed by atoms with Gasteiger partial charge >= 0.3 is 6.18 Å². The zero-order valence-corrected chi connectivity index (χ0v) is 14.3. The van der Waals surface area contributed by atoms with Crippen LogP contribution in [0.3, 0.4) is 0 Å². The zero-order chi connectivity index (χ0) is 18.3. The molecule has 136 valence electrons. The molecule has 0 bridgehead atoms. The molecule has 0 aliphatic rings. The van der Waals surface area contributed by atoms with Crippen LogP contribution in [0, 0.1) is 0 Å². The van der Waals surface area contributed by atoms with Crippen molar-refractivity contribution >= 4 is 9.84 Å². The smallest absolute Gasteiger partial charge is 0.416 e. The van der Waals surface area contributed by atoms with Crippen molar-refractivity contribution in [1.82, 2.24) is 0 Å². The lowest BCUT2D eigenvalue weighted by atomic mass is 10.2. The predicted octanol–water partition coefficient (Wildman–Crippen LogP) is 4.73. The summed E-state index contributed by atoms with van der Waals surface area (Å²) in [4.78, 5) is -0.0824. The van der Waals surface area contributed by atoms with Crippen molar-refractivity contribution in [2.75, 3.05) is 12.4 Å². The number of rotatable bonds is 8. The van der Waals surface area contributed by atoms with E-state index in [0.29, 0.717) is 25.9 Å². The summed E-state index contributed by atoms with van der Waals surface area (Å²) in [6.45, 7) is 0.490. The normalized spacial score (nSPS) is 12.1. The molecule has 0 aliphatic heterocycles. The number of benzene rings is 2. The molecule has 0 aliphatic carbocycles.